The molecule has 10 heteroatoms. The van der Waals surface area contributed by atoms with Crippen molar-refractivity contribution in [1.82, 2.24) is 0 Å². The molecule has 2 atom stereocenters. The highest BCUT2D eigenvalue weighted by Crippen LogP contribution is 2.43. The molecular formula is C56H103NO8P+. The average Bonchev–Trinajstić information content (AvgIpc) is 3.27. The van der Waals surface area contributed by atoms with Gasteiger partial charge in [0.1, 0.15) is 19.8 Å². The number of quaternary nitrogens is 1. The van der Waals surface area contributed by atoms with Gasteiger partial charge < -0.3 is 18.9 Å². The van der Waals surface area contributed by atoms with Gasteiger partial charge in [-0.1, -0.05) is 222 Å². The second kappa shape index (κ2) is 47.8. The lowest BCUT2D eigenvalue weighted by molar-refractivity contribution is -0.870. The molecule has 0 aliphatic heterocycles. The van der Waals surface area contributed by atoms with Crippen molar-refractivity contribution < 1.29 is 42.1 Å². The van der Waals surface area contributed by atoms with Gasteiger partial charge in [-0.3, -0.25) is 18.6 Å². The Morgan fingerprint density at radius 3 is 1.29 bits per heavy atom. The minimum Gasteiger partial charge on any atom is -0.462 e. The molecule has 0 heterocycles. The first-order valence-electron chi connectivity index (χ1n) is 27.0. The van der Waals surface area contributed by atoms with Crippen molar-refractivity contribution in [2.75, 3.05) is 47.5 Å². The van der Waals surface area contributed by atoms with E-state index in [-0.39, 0.29) is 32.0 Å². The monoisotopic (exact) mass is 949 g/mol. The maximum absolute atomic E-state index is 12.7. The first-order chi connectivity index (χ1) is 32.0. The van der Waals surface area contributed by atoms with Gasteiger partial charge in [0.15, 0.2) is 6.10 Å². The molecule has 0 aliphatic carbocycles. The number of carbonyl (C=O) groups is 2. The van der Waals surface area contributed by atoms with Crippen LogP contribution < -0.4 is 0 Å². The average molecular weight is 949 g/mol. The fourth-order valence-corrected chi connectivity index (χ4v) is 8.14. The molecule has 0 aromatic rings. The largest absolute Gasteiger partial charge is 0.472 e. The Bertz CT molecular complexity index is 1300. The summed E-state index contributed by atoms with van der Waals surface area (Å²) < 4.78 is 34.3. The molecule has 384 valence electrons. The Kier molecular flexibility index (Phi) is 46.1. The first-order valence-corrected chi connectivity index (χ1v) is 28.5. The van der Waals surface area contributed by atoms with Crippen molar-refractivity contribution in [2.24, 2.45) is 0 Å². The SMILES string of the molecule is CC/C=C\C/C=C\C/C=C\C/C=C\C/C=C\CCCCCCCCCCCCCCCCCCCCCC(=O)OC(COC(=O)CCCCCCCCC)COP(=O)(O)OCC[N+](C)(C)C. The van der Waals surface area contributed by atoms with Crippen molar-refractivity contribution in [1.29, 1.82) is 0 Å². The predicted octanol–water partition coefficient (Wildman–Crippen LogP) is 16.4. The summed E-state index contributed by atoms with van der Waals surface area (Å²) in [5.74, 6) is -0.798. The van der Waals surface area contributed by atoms with Crippen LogP contribution in [0.3, 0.4) is 0 Å². The van der Waals surface area contributed by atoms with Crippen LogP contribution in [0, 0.1) is 0 Å². The molecule has 0 amide bonds. The van der Waals surface area contributed by atoms with Crippen LogP contribution in [-0.4, -0.2) is 74.9 Å². The van der Waals surface area contributed by atoms with E-state index in [0.29, 0.717) is 17.4 Å². The zero-order chi connectivity index (χ0) is 48.5. The predicted molar refractivity (Wildman–Crippen MR) is 279 cm³/mol. The highest BCUT2D eigenvalue weighted by molar-refractivity contribution is 7.47. The summed E-state index contributed by atoms with van der Waals surface area (Å²) >= 11 is 0. The lowest BCUT2D eigenvalue weighted by atomic mass is 10.0. The quantitative estimate of drug-likeness (QED) is 0.0211. The number of ether oxygens (including phenoxy) is 2. The molecule has 0 saturated carbocycles. The van der Waals surface area contributed by atoms with Gasteiger partial charge >= 0.3 is 19.8 Å². The van der Waals surface area contributed by atoms with E-state index in [0.717, 1.165) is 64.2 Å². The van der Waals surface area contributed by atoms with E-state index in [1.807, 2.05) is 21.1 Å². The zero-order valence-corrected chi connectivity index (χ0v) is 44.3. The number of hydrogen-bond acceptors (Lipinski definition) is 7. The Labute approximate surface area is 406 Å². The van der Waals surface area contributed by atoms with Crippen molar-refractivity contribution in [3.05, 3.63) is 60.8 Å². The Hall–Kier alpha value is -2.29. The lowest BCUT2D eigenvalue weighted by Crippen LogP contribution is -2.37. The first kappa shape index (κ1) is 63.7. The molecule has 0 bridgehead atoms. The summed E-state index contributed by atoms with van der Waals surface area (Å²) in [5, 5.41) is 0. The van der Waals surface area contributed by atoms with Crippen molar-refractivity contribution in [2.45, 2.75) is 238 Å². The fraction of sp³-hybridized carbons (Fsp3) is 0.786. The number of allylic oxidation sites excluding steroid dienone is 10. The van der Waals surface area contributed by atoms with Gasteiger partial charge in [-0.2, -0.15) is 0 Å². The van der Waals surface area contributed by atoms with Gasteiger partial charge in [-0.15, -0.1) is 0 Å². The number of nitrogens with zero attached hydrogens (tertiary/aromatic N) is 1. The molecule has 0 saturated heterocycles. The van der Waals surface area contributed by atoms with Crippen LogP contribution in [0.25, 0.3) is 0 Å². The number of phosphoric acid groups is 1. The van der Waals surface area contributed by atoms with E-state index in [1.165, 1.54) is 135 Å². The molecule has 2 unspecified atom stereocenters. The summed E-state index contributed by atoms with van der Waals surface area (Å²) in [6.07, 6.45) is 60.4. The molecule has 0 fully saturated rings. The minimum atomic E-state index is -4.37. The third-order valence-corrected chi connectivity index (χ3v) is 12.5. The molecule has 0 rings (SSSR count). The summed E-state index contributed by atoms with van der Waals surface area (Å²) in [4.78, 5) is 35.3. The maximum atomic E-state index is 12.7. The van der Waals surface area contributed by atoms with Gasteiger partial charge in [0, 0.05) is 12.8 Å². The maximum Gasteiger partial charge on any atom is 0.472 e. The van der Waals surface area contributed by atoms with Crippen LogP contribution in [0.15, 0.2) is 60.8 Å². The summed E-state index contributed by atoms with van der Waals surface area (Å²) in [6.45, 7) is 4.27. The molecule has 0 aromatic carbocycles. The van der Waals surface area contributed by atoms with E-state index < -0.39 is 26.5 Å². The smallest absolute Gasteiger partial charge is 0.462 e. The number of carbonyl (C=O) groups excluding carboxylic acids is 2. The van der Waals surface area contributed by atoms with E-state index in [2.05, 4.69) is 74.6 Å². The lowest BCUT2D eigenvalue weighted by Gasteiger charge is -2.24. The molecule has 0 aromatic heterocycles. The van der Waals surface area contributed by atoms with Crippen LogP contribution in [-0.2, 0) is 32.7 Å². The number of esters is 2. The van der Waals surface area contributed by atoms with Gasteiger partial charge in [0.25, 0.3) is 0 Å². The van der Waals surface area contributed by atoms with Crippen LogP contribution in [0.2, 0.25) is 0 Å². The molecule has 1 N–H and O–H groups in total. The van der Waals surface area contributed by atoms with Gasteiger partial charge in [0.2, 0.25) is 0 Å². The fourth-order valence-electron chi connectivity index (χ4n) is 7.40. The topological polar surface area (TPSA) is 108 Å². The summed E-state index contributed by atoms with van der Waals surface area (Å²) in [5.41, 5.74) is 0. The Morgan fingerprint density at radius 2 is 0.864 bits per heavy atom. The number of phosphoric ester groups is 1. The second-order valence-electron chi connectivity index (χ2n) is 19.2. The standard InChI is InChI=1S/C56H102NO8P/c1-6-8-10-12-14-15-16-17-18-19-20-21-22-23-24-25-26-27-28-29-30-31-32-33-34-35-36-37-38-39-40-41-43-45-47-49-56(59)65-54(53-64-66(60,61)63-51-50-57(3,4)5)52-62-55(58)48-46-44-42-13-11-9-7-2/h8,10,14-15,17-18,20-21,23-24,54H,6-7,9,11-13,16,19,22,25-53H2,1-5H3/p+1/b10-8-,15-14-,18-17-,21-20-,24-23-. The molecule has 0 spiro atoms. The van der Waals surface area contributed by atoms with Crippen molar-refractivity contribution >= 4 is 19.8 Å². The van der Waals surface area contributed by atoms with E-state index in [1.54, 1.807) is 0 Å². The molecule has 66 heavy (non-hydrogen) atoms. The summed E-state index contributed by atoms with van der Waals surface area (Å²) in [6, 6.07) is 0. The Balaban J connectivity index is 3.89. The normalized spacial score (nSPS) is 13.8. The van der Waals surface area contributed by atoms with E-state index >= 15 is 0 Å². The van der Waals surface area contributed by atoms with E-state index in [4.69, 9.17) is 18.5 Å². The molecular weight excluding hydrogens is 846 g/mol. The zero-order valence-electron chi connectivity index (χ0n) is 43.4. The second-order valence-corrected chi connectivity index (χ2v) is 20.7. The molecule has 9 nitrogen and oxygen atoms in total. The van der Waals surface area contributed by atoms with Gasteiger partial charge in [-0.05, 0) is 57.8 Å². The highest BCUT2D eigenvalue weighted by atomic mass is 31.2. The number of hydrogen-bond donors (Lipinski definition) is 1. The third-order valence-electron chi connectivity index (χ3n) is 11.6. The Morgan fingerprint density at radius 1 is 0.485 bits per heavy atom. The number of unbranched alkanes of at least 4 members (excludes halogenated alkanes) is 25. The van der Waals surface area contributed by atoms with Crippen molar-refractivity contribution in [3.8, 4) is 0 Å². The minimum absolute atomic E-state index is 0.0327. The van der Waals surface area contributed by atoms with Crippen LogP contribution >= 0.6 is 7.82 Å². The molecule has 0 aliphatic rings. The summed E-state index contributed by atoms with van der Waals surface area (Å²) in [7, 11) is 1.48. The number of likely N-dealkylation sites (N-methyl/N-ethyl adjacent to an activating group) is 1. The molecule has 0 radical (unpaired) electrons. The van der Waals surface area contributed by atoms with Crippen LogP contribution in [0.5, 0.6) is 0 Å². The van der Waals surface area contributed by atoms with Crippen LogP contribution in [0.4, 0.5) is 0 Å². The highest BCUT2D eigenvalue weighted by Gasteiger charge is 2.27. The van der Waals surface area contributed by atoms with Crippen molar-refractivity contribution in [3.63, 3.8) is 0 Å². The van der Waals surface area contributed by atoms with Crippen LogP contribution in [0.1, 0.15) is 232 Å². The number of rotatable bonds is 49. The van der Waals surface area contributed by atoms with E-state index in [9.17, 15) is 19.0 Å². The third kappa shape index (κ3) is 51.1. The van der Waals surface area contributed by atoms with Gasteiger partial charge in [0.05, 0.1) is 27.7 Å². The van der Waals surface area contributed by atoms with Gasteiger partial charge in [-0.25, -0.2) is 4.57 Å².